The number of hydrogen-bond donors (Lipinski definition) is 2. The van der Waals surface area contributed by atoms with Gasteiger partial charge >= 0.3 is 11.9 Å². The second-order valence-corrected chi connectivity index (χ2v) is 6.94. The minimum Gasteiger partial charge on any atom is -0.478 e. The van der Waals surface area contributed by atoms with Crippen molar-refractivity contribution in [2.24, 2.45) is 0 Å². The lowest BCUT2D eigenvalue weighted by atomic mass is 9.96. The number of aliphatic carboxylic acids is 2. The van der Waals surface area contributed by atoms with Gasteiger partial charge in [-0.2, -0.15) is 0 Å². The zero-order chi connectivity index (χ0) is 24.8. The smallest absolute Gasteiger partial charge is 0.336 e. The van der Waals surface area contributed by atoms with Gasteiger partial charge in [0, 0.05) is 12.1 Å². The molecule has 0 unspecified atom stereocenters. The summed E-state index contributed by atoms with van der Waals surface area (Å²) in [7, 11) is 0. The Bertz CT molecular complexity index is 1270. The summed E-state index contributed by atoms with van der Waals surface area (Å²) in [5.74, 6) is -2.76. The highest BCUT2D eigenvalue weighted by atomic mass is 16.6. The van der Waals surface area contributed by atoms with Gasteiger partial charge in [-0.1, -0.05) is 42.5 Å². The Morgan fingerprint density at radius 1 is 0.647 bits per heavy atom. The van der Waals surface area contributed by atoms with E-state index in [1.54, 1.807) is 0 Å². The van der Waals surface area contributed by atoms with Crippen LogP contribution >= 0.6 is 0 Å². The summed E-state index contributed by atoms with van der Waals surface area (Å²) in [4.78, 5) is 45.2. The van der Waals surface area contributed by atoms with Gasteiger partial charge in [0.2, 0.25) is 0 Å². The zero-order valence-corrected chi connectivity index (χ0v) is 17.3. The van der Waals surface area contributed by atoms with Crippen molar-refractivity contribution in [2.75, 3.05) is 0 Å². The van der Waals surface area contributed by atoms with Crippen LogP contribution in [0.5, 0.6) is 0 Å². The van der Waals surface area contributed by atoms with Crippen molar-refractivity contribution in [1.82, 2.24) is 0 Å². The Hall–Kier alpha value is -5.12. The number of benzene rings is 3. The number of nitrogens with zero attached hydrogens (tertiary/aromatic N) is 2. The third-order valence-electron chi connectivity index (χ3n) is 4.81. The lowest BCUT2D eigenvalue weighted by molar-refractivity contribution is -0.385. The van der Waals surface area contributed by atoms with Gasteiger partial charge in [-0.25, -0.2) is 9.59 Å². The summed E-state index contributed by atoms with van der Waals surface area (Å²) in [5, 5.41) is 42.1. The number of carboxylic acids is 2. The van der Waals surface area contributed by atoms with Crippen LogP contribution in [0.2, 0.25) is 0 Å². The van der Waals surface area contributed by atoms with Crippen LogP contribution in [0.1, 0.15) is 22.3 Å². The third kappa shape index (κ3) is 5.19. The number of nitro groups is 2. The van der Waals surface area contributed by atoms with Crippen LogP contribution in [0.3, 0.4) is 0 Å². The Morgan fingerprint density at radius 2 is 1.03 bits per heavy atom. The molecule has 10 heteroatoms. The summed E-state index contributed by atoms with van der Waals surface area (Å²) < 4.78 is 0. The molecule has 0 saturated carbocycles. The predicted octanol–water partition coefficient (Wildman–Crippen LogP) is 4.75. The van der Waals surface area contributed by atoms with Crippen LogP contribution in [0, 0.1) is 20.2 Å². The Balaban J connectivity index is 2.16. The molecule has 0 bridgehead atoms. The number of para-hydroxylation sites is 2. The fourth-order valence-corrected chi connectivity index (χ4v) is 3.25. The highest BCUT2D eigenvalue weighted by Gasteiger charge is 2.19. The fourth-order valence-electron chi connectivity index (χ4n) is 3.25. The van der Waals surface area contributed by atoms with Crippen molar-refractivity contribution in [1.29, 1.82) is 0 Å². The molecular weight excluding hydrogens is 444 g/mol. The quantitative estimate of drug-likeness (QED) is 0.211. The van der Waals surface area contributed by atoms with Crippen molar-refractivity contribution in [3.05, 3.63) is 115 Å². The lowest BCUT2D eigenvalue weighted by Crippen LogP contribution is -2.04. The lowest BCUT2D eigenvalue weighted by Gasteiger charge is -2.08. The first kappa shape index (κ1) is 23.5. The Morgan fingerprint density at radius 3 is 1.38 bits per heavy atom. The minimum absolute atomic E-state index is 0.0595. The van der Waals surface area contributed by atoms with Crippen LogP contribution in [-0.2, 0) is 9.59 Å². The molecule has 10 nitrogen and oxygen atoms in total. The van der Waals surface area contributed by atoms with Gasteiger partial charge in [0.25, 0.3) is 11.4 Å². The van der Waals surface area contributed by atoms with Gasteiger partial charge in [-0.15, -0.1) is 0 Å². The first-order valence-corrected chi connectivity index (χ1v) is 9.66. The van der Waals surface area contributed by atoms with Gasteiger partial charge in [0.05, 0.1) is 32.1 Å². The first-order chi connectivity index (χ1) is 16.2. The molecule has 2 N–H and O–H groups in total. The maximum Gasteiger partial charge on any atom is 0.336 e. The molecule has 0 spiro atoms. The first-order valence-electron chi connectivity index (χ1n) is 9.66. The fraction of sp³-hybridized carbons (Fsp3) is 0. The van der Waals surface area contributed by atoms with E-state index in [9.17, 15) is 40.0 Å². The van der Waals surface area contributed by atoms with Crippen LogP contribution in [-0.4, -0.2) is 32.0 Å². The number of carbonyl (C=O) groups is 2. The van der Waals surface area contributed by atoms with E-state index in [1.807, 2.05) is 0 Å². The molecule has 0 heterocycles. The maximum atomic E-state index is 12.0. The summed E-state index contributed by atoms with van der Waals surface area (Å²) in [5.41, 5.74) is -0.873. The van der Waals surface area contributed by atoms with Crippen molar-refractivity contribution < 1.29 is 29.6 Å². The van der Waals surface area contributed by atoms with E-state index >= 15 is 0 Å². The monoisotopic (exact) mass is 460 g/mol. The maximum absolute atomic E-state index is 12.0. The number of rotatable bonds is 8. The number of nitro benzene ring substituents is 2. The molecule has 0 aliphatic rings. The van der Waals surface area contributed by atoms with E-state index in [0.29, 0.717) is 0 Å². The van der Waals surface area contributed by atoms with Crippen LogP contribution in [0.25, 0.3) is 23.3 Å². The average Bonchev–Trinajstić information content (AvgIpc) is 2.81. The highest BCUT2D eigenvalue weighted by Crippen LogP contribution is 2.29. The van der Waals surface area contributed by atoms with Gasteiger partial charge in [-0.3, -0.25) is 20.2 Å². The molecule has 0 amide bonds. The summed E-state index contributed by atoms with van der Waals surface area (Å²) >= 11 is 0. The van der Waals surface area contributed by atoms with Crippen molar-refractivity contribution >= 4 is 46.6 Å². The molecule has 34 heavy (non-hydrogen) atoms. The highest BCUT2D eigenvalue weighted by molar-refractivity contribution is 6.23. The summed E-state index contributed by atoms with van der Waals surface area (Å²) in [6.07, 6.45) is 2.26. The standard InChI is InChI=1S/C24H16N2O8/c27-23(28)19(13-17-6-1-3-10-21(17)25(31)32)15-8-5-9-16(12-15)20(24(29)30)14-18-7-2-4-11-22(18)26(33)34/h1-14H,(H,27,28)(H,29,30)/b19-13-,20-14+. The molecule has 0 atom stereocenters. The molecule has 3 aromatic carbocycles. The molecule has 0 aliphatic carbocycles. The van der Waals surface area contributed by atoms with E-state index in [1.165, 1.54) is 72.8 Å². The van der Waals surface area contributed by atoms with E-state index in [-0.39, 0.29) is 44.8 Å². The van der Waals surface area contributed by atoms with Crippen molar-refractivity contribution in [2.45, 2.75) is 0 Å². The van der Waals surface area contributed by atoms with Crippen LogP contribution < -0.4 is 0 Å². The molecule has 0 saturated heterocycles. The molecule has 3 rings (SSSR count). The normalized spacial score (nSPS) is 11.6. The second kappa shape index (κ2) is 10.0. The van der Waals surface area contributed by atoms with Gasteiger partial charge in [-0.05, 0) is 41.5 Å². The Labute approximate surface area is 192 Å². The van der Waals surface area contributed by atoms with Crippen molar-refractivity contribution in [3.63, 3.8) is 0 Å². The zero-order valence-electron chi connectivity index (χ0n) is 17.3. The van der Waals surface area contributed by atoms with E-state index in [2.05, 4.69) is 0 Å². The third-order valence-corrected chi connectivity index (χ3v) is 4.81. The molecule has 0 aliphatic heterocycles. The van der Waals surface area contributed by atoms with Crippen LogP contribution in [0.4, 0.5) is 11.4 Å². The van der Waals surface area contributed by atoms with Gasteiger partial charge in [0.1, 0.15) is 0 Å². The second-order valence-electron chi connectivity index (χ2n) is 6.94. The summed E-state index contributed by atoms with van der Waals surface area (Å²) in [6.45, 7) is 0. The van der Waals surface area contributed by atoms with Crippen molar-refractivity contribution in [3.8, 4) is 0 Å². The topological polar surface area (TPSA) is 161 Å². The SMILES string of the molecule is O=C(O)/C(=C\c1ccccc1[N+](=O)[O-])c1cccc(/C(=C\c2ccccc2[N+](=O)[O-])C(=O)O)c1. The molecule has 170 valence electrons. The minimum atomic E-state index is -1.38. The van der Waals surface area contributed by atoms with Crippen LogP contribution in [0.15, 0.2) is 72.8 Å². The van der Waals surface area contributed by atoms with E-state index < -0.39 is 21.8 Å². The van der Waals surface area contributed by atoms with Gasteiger partial charge < -0.3 is 10.2 Å². The number of hydrogen-bond acceptors (Lipinski definition) is 6. The summed E-state index contributed by atoms with van der Waals surface area (Å²) in [6, 6.07) is 16.8. The molecule has 3 aromatic rings. The predicted molar refractivity (Wildman–Crippen MR) is 124 cm³/mol. The molecule has 0 radical (unpaired) electrons. The molecular formula is C24H16N2O8. The Kier molecular flexibility index (Phi) is 6.92. The van der Waals surface area contributed by atoms with E-state index in [4.69, 9.17) is 0 Å². The largest absolute Gasteiger partial charge is 0.478 e. The van der Waals surface area contributed by atoms with Gasteiger partial charge in [0.15, 0.2) is 0 Å². The molecule has 0 fully saturated rings. The number of carboxylic acid groups (broad SMARTS) is 2. The molecule has 0 aromatic heterocycles. The average molecular weight is 460 g/mol. The van der Waals surface area contributed by atoms with E-state index in [0.717, 1.165) is 12.2 Å².